The third kappa shape index (κ3) is 3.43. The molecule has 1 N–H and O–H groups in total. The molecule has 1 aliphatic rings. The number of hydrogen-bond acceptors (Lipinski definition) is 5. The second-order valence-electron chi connectivity index (χ2n) is 7.67. The van der Waals surface area contributed by atoms with Gasteiger partial charge in [0, 0.05) is 22.6 Å². The van der Waals surface area contributed by atoms with E-state index >= 15 is 0 Å². The third-order valence-corrected chi connectivity index (χ3v) is 5.71. The molecule has 0 fully saturated rings. The van der Waals surface area contributed by atoms with Crippen LogP contribution in [-0.4, -0.2) is 24.8 Å². The number of carbonyl (C=O) groups excluding carboxylic acids is 1. The summed E-state index contributed by atoms with van der Waals surface area (Å²) in [6, 6.07) is 9.85. The van der Waals surface area contributed by atoms with Crippen LogP contribution in [0.3, 0.4) is 0 Å². The van der Waals surface area contributed by atoms with E-state index in [0.717, 1.165) is 45.4 Å². The Morgan fingerprint density at radius 2 is 2.03 bits per heavy atom. The Hall–Kier alpha value is -3.28. The molecule has 2 aromatic carbocycles. The highest BCUT2D eigenvalue weighted by Gasteiger charge is 2.22. The van der Waals surface area contributed by atoms with E-state index in [1.54, 1.807) is 7.11 Å². The van der Waals surface area contributed by atoms with Gasteiger partial charge in [0.2, 0.25) is 18.4 Å². The van der Waals surface area contributed by atoms with E-state index in [0.29, 0.717) is 17.2 Å². The van der Waals surface area contributed by atoms with Gasteiger partial charge in [-0.3, -0.25) is 4.79 Å². The molecule has 2 heterocycles. The van der Waals surface area contributed by atoms with Gasteiger partial charge in [0.25, 0.3) is 0 Å². The molecule has 1 aliphatic heterocycles. The second kappa shape index (κ2) is 7.86. The molecule has 1 amide bonds. The fourth-order valence-electron chi connectivity index (χ4n) is 3.60. The number of amides is 1. The number of carbonyl (C=O) groups is 1. The molecule has 6 heteroatoms. The summed E-state index contributed by atoms with van der Waals surface area (Å²) in [4.78, 5) is 17.3. The lowest BCUT2D eigenvalue weighted by Gasteiger charge is -2.15. The first-order chi connectivity index (χ1) is 14.4. The van der Waals surface area contributed by atoms with Crippen molar-refractivity contribution in [3.8, 4) is 28.5 Å². The number of anilines is 1. The number of aryl methyl sites for hydroxylation is 2. The SMILES string of the molecule is CCC(C)C(=O)Nc1ccc2c(C)cc(-c3cc(OC)c4c(c3)OCO4)nc2c1C. The van der Waals surface area contributed by atoms with Crippen molar-refractivity contribution in [2.75, 3.05) is 19.2 Å². The van der Waals surface area contributed by atoms with Crippen LogP contribution in [0.4, 0.5) is 5.69 Å². The highest BCUT2D eigenvalue weighted by Crippen LogP contribution is 2.44. The number of methoxy groups -OCH3 is 1. The quantitative estimate of drug-likeness (QED) is 0.627. The first kappa shape index (κ1) is 20.0. The molecule has 0 spiro atoms. The van der Waals surface area contributed by atoms with Gasteiger partial charge in [-0.2, -0.15) is 0 Å². The standard InChI is InChI=1S/C24H26N2O4/c1-6-13(2)24(27)26-18-8-7-17-14(3)9-19(25-22(17)15(18)4)16-10-20(28-5)23-21(11-16)29-12-30-23/h7-11,13H,6,12H2,1-5H3,(H,26,27). The lowest BCUT2D eigenvalue weighted by molar-refractivity contribution is -0.119. The topological polar surface area (TPSA) is 69.7 Å². The zero-order valence-electron chi connectivity index (χ0n) is 18.0. The Morgan fingerprint density at radius 3 is 2.77 bits per heavy atom. The zero-order valence-corrected chi connectivity index (χ0v) is 18.0. The number of aromatic nitrogens is 1. The van der Waals surface area contributed by atoms with E-state index < -0.39 is 0 Å². The summed E-state index contributed by atoms with van der Waals surface area (Å²) >= 11 is 0. The summed E-state index contributed by atoms with van der Waals surface area (Å²) in [7, 11) is 1.61. The van der Waals surface area contributed by atoms with Crippen LogP contribution in [0.1, 0.15) is 31.4 Å². The molecular formula is C24H26N2O4. The lowest BCUT2D eigenvalue weighted by Crippen LogP contribution is -2.20. The number of nitrogens with one attached hydrogen (secondary N) is 1. The average Bonchev–Trinajstić information content (AvgIpc) is 3.23. The van der Waals surface area contributed by atoms with Crippen molar-refractivity contribution >= 4 is 22.5 Å². The van der Waals surface area contributed by atoms with E-state index in [-0.39, 0.29) is 18.6 Å². The van der Waals surface area contributed by atoms with Crippen molar-refractivity contribution < 1.29 is 19.0 Å². The summed E-state index contributed by atoms with van der Waals surface area (Å²) < 4.78 is 16.5. The van der Waals surface area contributed by atoms with E-state index in [9.17, 15) is 4.79 Å². The van der Waals surface area contributed by atoms with Crippen molar-refractivity contribution in [1.29, 1.82) is 0 Å². The number of pyridine rings is 1. The zero-order chi connectivity index (χ0) is 21.4. The van der Waals surface area contributed by atoms with E-state index in [1.165, 1.54) is 0 Å². The highest BCUT2D eigenvalue weighted by molar-refractivity contribution is 5.98. The van der Waals surface area contributed by atoms with Crippen molar-refractivity contribution in [3.05, 3.63) is 41.5 Å². The first-order valence-corrected chi connectivity index (χ1v) is 10.1. The van der Waals surface area contributed by atoms with Gasteiger partial charge in [-0.15, -0.1) is 0 Å². The number of hydrogen-bond donors (Lipinski definition) is 1. The minimum Gasteiger partial charge on any atom is -0.493 e. The van der Waals surface area contributed by atoms with Gasteiger partial charge in [-0.25, -0.2) is 4.98 Å². The molecule has 0 radical (unpaired) electrons. The Balaban J connectivity index is 1.81. The summed E-state index contributed by atoms with van der Waals surface area (Å²) in [6.07, 6.45) is 0.798. The molecular weight excluding hydrogens is 380 g/mol. The number of benzene rings is 2. The van der Waals surface area contributed by atoms with Crippen LogP contribution in [0.5, 0.6) is 17.2 Å². The fraction of sp³-hybridized carbons (Fsp3) is 0.333. The van der Waals surface area contributed by atoms with Crippen LogP contribution < -0.4 is 19.5 Å². The molecule has 30 heavy (non-hydrogen) atoms. The van der Waals surface area contributed by atoms with Crippen molar-refractivity contribution in [2.45, 2.75) is 34.1 Å². The van der Waals surface area contributed by atoms with Crippen LogP contribution in [0.2, 0.25) is 0 Å². The molecule has 6 nitrogen and oxygen atoms in total. The van der Waals surface area contributed by atoms with Crippen molar-refractivity contribution in [2.24, 2.45) is 5.92 Å². The average molecular weight is 406 g/mol. The maximum Gasteiger partial charge on any atom is 0.231 e. The van der Waals surface area contributed by atoms with Gasteiger partial charge >= 0.3 is 0 Å². The second-order valence-corrected chi connectivity index (χ2v) is 7.67. The maximum atomic E-state index is 12.4. The third-order valence-electron chi connectivity index (χ3n) is 5.71. The minimum absolute atomic E-state index is 0.0216. The summed E-state index contributed by atoms with van der Waals surface area (Å²) in [5.41, 5.74) is 5.40. The predicted octanol–water partition coefficient (Wildman–Crippen LogP) is 5.24. The Bertz CT molecular complexity index is 1140. The molecule has 3 aromatic rings. The molecule has 1 aromatic heterocycles. The maximum absolute atomic E-state index is 12.4. The Morgan fingerprint density at radius 1 is 1.23 bits per heavy atom. The van der Waals surface area contributed by atoms with Crippen LogP contribution in [0.25, 0.3) is 22.2 Å². The molecule has 0 bridgehead atoms. The van der Waals surface area contributed by atoms with Gasteiger partial charge in [0.1, 0.15) is 0 Å². The molecule has 0 saturated heterocycles. The smallest absolute Gasteiger partial charge is 0.231 e. The first-order valence-electron chi connectivity index (χ1n) is 10.1. The van der Waals surface area contributed by atoms with Crippen molar-refractivity contribution in [3.63, 3.8) is 0 Å². The van der Waals surface area contributed by atoms with E-state index in [2.05, 4.69) is 18.3 Å². The summed E-state index contributed by atoms with van der Waals surface area (Å²) in [6.45, 7) is 8.17. The van der Waals surface area contributed by atoms with Gasteiger partial charge in [0.05, 0.1) is 18.3 Å². The monoisotopic (exact) mass is 406 g/mol. The summed E-state index contributed by atoms with van der Waals surface area (Å²) in [5, 5.41) is 4.11. The van der Waals surface area contributed by atoms with Crippen LogP contribution in [0.15, 0.2) is 30.3 Å². The predicted molar refractivity (Wildman–Crippen MR) is 117 cm³/mol. The molecule has 0 aliphatic carbocycles. The highest BCUT2D eigenvalue weighted by atomic mass is 16.7. The summed E-state index contributed by atoms with van der Waals surface area (Å²) in [5.74, 6) is 1.86. The Kier molecular flexibility index (Phi) is 5.24. The largest absolute Gasteiger partial charge is 0.493 e. The molecule has 1 atom stereocenters. The molecule has 0 saturated carbocycles. The normalized spacial score (nSPS) is 13.4. The Labute approximate surface area is 176 Å². The van der Waals surface area contributed by atoms with Gasteiger partial charge in [-0.05, 0) is 55.7 Å². The van der Waals surface area contributed by atoms with Gasteiger partial charge in [-0.1, -0.05) is 19.9 Å². The fourth-order valence-corrected chi connectivity index (χ4v) is 3.60. The number of ether oxygens (including phenoxy) is 3. The van der Waals surface area contributed by atoms with E-state index in [1.807, 2.05) is 45.0 Å². The van der Waals surface area contributed by atoms with Gasteiger partial charge in [0.15, 0.2) is 11.5 Å². The van der Waals surface area contributed by atoms with Crippen LogP contribution in [0, 0.1) is 19.8 Å². The van der Waals surface area contributed by atoms with Crippen molar-refractivity contribution in [1.82, 2.24) is 4.98 Å². The van der Waals surface area contributed by atoms with Crippen LogP contribution >= 0.6 is 0 Å². The number of fused-ring (bicyclic) bond motifs is 2. The lowest BCUT2D eigenvalue weighted by atomic mass is 10.0. The van der Waals surface area contributed by atoms with Crippen LogP contribution in [-0.2, 0) is 4.79 Å². The molecule has 156 valence electrons. The minimum atomic E-state index is -0.0396. The number of rotatable bonds is 5. The number of nitrogens with zero attached hydrogens (tertiary/aromatic N) is 1. The molecule has 1 unspecified atom stereocenters. The molecule has 4 rings (SSSR count). The van der Waals surface area contributed by atoms with Gasteiger partial charge < -0.3 is 19.5 Å². The van der Waals surface area contributed by atoms with E-state index in [4.69, 9.17) is 19.2 Å².